The highest BCUT2D eigenvalue weighted by Gasteiger charge is 2.26. The molecular weight excluding hydrogens is 241 g/mol. The van der Waals surface area contributed by atoms with E-state index in [-0.39, 0.29) is 18.2 Å². The third-order valence-electron chi connectivity index (χ3n) is 2.73. The zero-order valence-corrected chi connectivity index (χ0v) is 10.2. The van der Waals surface area contributed by atoms with Crippen LogP contribution in [0.4, 0.5) is 4.39 Å². The lowest BCUT2D eigenvalue weighted by Gasteiger charge is -2.27. The van der Waals surface area contributed by atoms with E-state index in [9.17, 15) is 9.50 Å². The molecule has 1 aromatic rings. The Hall–Kier alpha value is -1.08. The summed E-state index contributed by atoms with van der Waals surface area (Å²) in [7, 11) is 0. The minimum absolute atomic E-state index is 0. The second kappa shape index (κ2) is 6.02. The van der Waals surface area contributed by atoms with Gasteiger partial charge >= 0.3 is 0 Å². The van der Waals surface area contributed by atoms with Gasteiger partial charge in [-0.3, -0.25) is 0 Å². The van der Waals surface area contributed by atoms with Crippen molar-refractivity contribution in [2.75, 3.05) is 13.1 Å². The summed E-state index contributed by atoms with van der Waals surface area (Å²) < 4.78 is 13.3. The van der Waals surface area contributed by atoms with Gasteiger partial charge in [0, 0.05) is 0 Å². The Kier molecular flexibility index (Phi) is 4.95. The van der Waals surface area contributed by atoms with E-state index in [0.717, 1.165) is 13.1 Å². The smallest absolute Gasteiger partial charge is 0.138 e. The molecule has 1 aliphatic rings. The largest absolute Gasteiger partial charge is 0.377 e. The molecule has 0 atom stereocenters. The molecule has 0 saturated carbocycles. The fraction of sp³-hybridized carbons (Fsp3) is 0.385. The van der Waals surface area contributed by atoms with E-state index in [0.29, 0.717) is 18.4 Å². The Morgan fingerprint density at radius 1 is 1.24 bits per heavy atom. The van der Waals surface area contributed by atoms with Crippen molar-refractivity contribution in [1.29, 1.82) is 0 Å². The van der Waals surface area contributed by atoms with Crippen molar-refractivity contribution in [3.05, 3.63) is 35.6 Å². The van der Waals surface area contributed by atoms with E-state index in [1.807, 2.05) is 0 Å². The first-order valence-electron chi connectivity index (χ1n) is 5.40. The second-order valence-electron chi connectivity index (χ2n) is 4.01. The Morgan fingerprint density at radius 2 is 1.88 bits per heavy atom. The van der Waals surface area contributed by atoms with Gasteiger partial charge in [-0.05, 0) is 38.1 Å². The fourth-order valence-corrected chi connectivity index (χ4v) is 1.71. The maximum Gasteiger partial charge on any atom is 0.138 e. The number of hydrogen-bond donors (Lipinski definition) is 2. The summed E-state index contributed by atoms with van der Waals surface area (Å²) in [5.41, 5.74) is -0.623. The molecule has 2 N–H and O–H groups in total. The van der Waals surface area contributed by atoms with Crippen molar-refractivity contribution in [2.24, 2.45) is 0 Å². The molecule has 0 aliphatic carbocycles. The van der Waals surface area contributed by atoms with Crippen molar-refractivity contribution in [3.63, 3.8) is 0 Å². The molecule has 92 valence electrons. The molecule has 0 unspecified atom stereocenters. The fourth-order valence-electron chi connectivity index (χ4n) is 1.71. The summed E-state index contributed by atoms with van der Waals surface area (Å²) in [4.78, 5) is 0. The van der Waals surface area contributed by atoms with Gasteiger partial charge < -0.3 is 10.4 Å². The van der Waals surface area contributed by atoms with Gasteiger partial charge in [-0.15, -0.1) is 12.4 Å². The van der Waals surface area contributed by atoms with Crippen LogP contribution >= 0.6 is 12.4 Å². The maximum absolute atomic E-state index is 13.3. The van der Waals surface area contributed by atoms with Crippen molar-refractivity contribution in [2.45, 2.75) is 18.4 Å². The highest BCUT2D eigenvalue weighted by molar-refractivity contribution is 5.85. The van der Waals surface area contributed by atoms with Crippen LogP contribution in [-0.2, 0) is 0 Å². The molecule has 1 saturated heterocycles. The van der Waals surface area contributed by atoms with E-state index in [1.165, 1.54) is 6.07 Å². The van der Waals surface area contributed by atoms with Crippen LogP contribution in [0.1, 0.15) is 18.4 Å². The van der Waals surface area contributed by atoms with Crippen molar-refractivity contribution < 1.29 is 9.50 Å². The Labute approximate surface area is 107 Å². The van der Waals surface area contributed by atoms with Gasteiger partial charge in [0.15, 0.2) is 0 Å². The van der Waals surface area contributed by atoms with Gasteiger partial charge in [-0.25, -0.2) is 4.39 Å². The lowest BCUT2D eigenvalue weighted by Crippen LogP contribution is -2.40. The second-order valence-corrected chi connectivity index (χ2v) is 4.01. The lowest BCUT2D eigenvalue weighted by molar-refractivity contribution is 0.0679. The maximum atomic E-state index is 13.3. The summed E-state index contributed by atoms with van der Waals surface area (Å²) >= 11 is 0. The van der Waals surface area contributed by atoms with Gasteiger partial charge in [0.25, 0.3) is 0 Å². The minimum Gasteiger partial charge on any atom is -0.377 e. The number of hydrogen-bond acceptors (Lipinski definition) is 2. The predicted molar refractivity (Wildman–Crippen MR) is 67.6 cm³/mol. The van der Waals surface area contributed by atoms with Crippen LogP contribution in [0.2, 0.25) is 0 Å². The Balaban J connectivity index is 0.00000144. The van der Waals surface area contributed by atoms with Gasteiger partial charge in [-0.1, -0.05) is 24.0 Å². The molecule has 0 spiro atoms. The molecular formula is C13H15ClFNO. The van der Waals surface area contributed by atoms with Crippen LogP contribution in [0.15, 0.2) is 24.3 Å². The molecule has 0 bridgehead atoms. The standard InChI is InChI=1S/C13H14FNO.ClH/c14-12-4-2-1-3-11(12)5-6-13(16)7-9-15-10-8-13;/h1-4,15-16H,7-10H2;1H. The van der Waals surface area contributed by atoms with Crippen LogP contribution in [0, 0.1) is 17.7 Å². The topological polar surface area (TPSA) is 32.3 Å². The molecule has 1 aromatic carbocycles. The molecule has 1 aliphatic heterocycles. The highest BCUT2D eigenvalue weighted by Crippen LogP contribution is 2.17. The number of aliphatic hydroxyl groups is 1. The summed E-state index contributed by atoms with van der Waals surface area (Å²) in [5.74, 6) is 5.16. The van der Waals surface area contributed by atoms with Crippen LogP contribution in [-0.4, -0.2) is 23.8 Å². The minimum atomic E-state index is -0.965. The molecule has 17 heavy (non-hydrogen) atoms. The first-order chi connectivity index (χ1) is 7.70. The first-order valence-corrected chi connectivity index (χ1v) is 5.40. The average Bonchev–Trinajstić information content (AvgIpc) is 2.29. The number of halogens is 2. The number of piperidine rings is 1. The van der Waals surface area contributed by atoms with Crippen LogP contribution < -0.4 is 5.32 Å². The SMILES string of the molecule is Cl.OC1(C#Cc2ccccc2F)CCNCC1. The summed E-state index contributed by atoms with van der Waals surface area (Å²) in [5, 5.41) is 13.2. The zero-order valence-electron chi connectivity index (χ0n) is 9.37. The summed E-state index contributed by atoms with van der Waals surface area (Å²) in [6.07, 6.45) is 1.18. The molecule has 1 fully saturated rings. The van der Waals surface area contributed by atoms with Crippen LogP contribution in [0.25, 0.3) is 0 Å². The van der Waals surface area contributed by atoms with E-state index in [1.54, 1.807) is 18.2 Å². The summed E-state index contributed by atoms with van der Waals surface area (Å²) in [6.45, 7) is 1.50. The number of benzene rings is 1. The lowest BCUT2D eigenvalue weighted by atomic mass is 9.93. The zero-order chi connectivity index (χ0) is 11.4. The number of nitrogens with one attached hydrogen (secondary N) is 1. The van der Waals surface area contributed by atoms with Gasteiger partial charge in [0.2, 0.25) is 0 Å². The van der Waals surface area contributed by atoms with E-state index < -0.39 is 5.60 Å². The Morgan fingerprint density at radius 3 is 2.53 bits per heavy atom. The number of rotatable bonds is 0. The monoisotopic (exact) mass is 255 g/mol. The third-order valence-corrected chi connectivity index (χ3v) is 2.73. The van der Waals surface area contributed by atoms with Crippen LogP contribution in [0.5, 0.6) is 0 Å². The molecule has 4 heteroatoms. The van der Waals surface area contributed by atoms with Crippen LogP contribution in [0.3, 0.4) is 0 Å². The normalized spacial score (nSPS) is 17.5. The molecule has 0 radical (unpaired) electrons. The quantitative estimate of drug-likeness (QED) is 0.692. The third kappa shape index (κ3) is 3.71. The highest BCUT2D eigenvalue weighted by atomic mass is 35.5. The van der Waals surface area contributed by atoms with Crippen molar-refractivity contribution >= 4 is 12.4 Å². The Bertz CT molecular complexity index is 433. The van der Waals surface area contributed by atoms with Crippen molar-refractivity contribution in [1.82, 2.24) is 5.32 Å². The molecule has 0 amide bonds. The van der Waals surface area contributed by atoms with Gasteiger partial charge in [0.1, 0.15) is 11.4 Å². The van der Waals surface area contributed by atoms with Gasteiger partial charge in [-0.2, -0.15) is 0 Å². The predicted octanol–water partition coefficient (Wildman–Crippen LogP) is 1.71. The molecule has 2 nitrogen and oxygen atoms in total. The van der Waals surface area contributed by atoms with E-state index >= 15 is 0 Å². The molecule has 1 heterocycles. The molecule has 0 aromatic heterocycles. The first kappa shape index (κ1) is 14.0. The average molecular weight is 256 g/mol. The van der Waals surface area contributed by atoms with E-state index in [4.69, 9.17) is 0 Å². The summed E-state index contributed by atoms with van der Waals surface area (Å²) in [6, 6.07) is 6.35. The van der Waals surface area contributed by atoms with Crippen molar-refractivity contribution in [3.8, 4) is 11.8 Å². The van der Waals surface area contributed by atoms with Gasteiger partial charge in [0.05, 0.1) is 5.56 Å². The van der Waals surface area contributed by atoms with E-state index in [2.05, 4.69) is 17.2 Å². The molecule has 2 rings (SSSR count).